The van der Waals surface area contributed by atoms with Gasteiger partial charge in [0.2, 0.25) is 0 Å². The van der Waals surface area contributed by atoms with E-state index in [0.29, 0.717) is 5.39 Å². The second-order valence-electron chi connectivity index (χ2n) is 3.52. The van der Waals surface area contributed by atoms with E-state index in [-0.39, 0.29) is 11.1 Å². The first kappa shape index (κ1) is 11.5. The molecule has 0 saturated heterocycles. The van der Waals surface area contributed by atoms with Crippen molar-refractivity contribution in [3.8, 4) is 0 Å². The molecule has 0 N–H and O–H groups in total. The van der Waals surface area contributed by atoms with Crippen molar-refractivity contribution in [3.63, 3.8) is 0 Å². The normalized spacial score (nSPS) is 10.5. The number of fused-ring (bicyclic) bond motifs is 1. The number of carbonyl (C=O) groups is 1. The van der Waals surface area contributed by atoms with Crippen molar-refractivity contribution in [2.75, 3.05) is 14.2 Å². The van der Waals surface area contributed by atoms with Gasteiger partial charge in [-0.1, -0.05) is 6.07 Å². The van der Waals surface area contributed by atoms with Gasteiger partial charge in [-0.25, -0.2) is 9.45 Å². The van der Waals surface area contributed by atoms with Crippen molar-refractivity contribution < 1.29 is 14.0 Å². The molecule has 1 heterocycles. The van der Waals surface area contributed by atoms with Gasteiger partial charge in [0, 0.05) is 24.2 Å². The lowest BCUT2D eigenvalue weighted by molar-refractivity contribution is -0.0757. The Labute approximate surface area is 97.6 Å². The van der Waals surface area contributed by atoms with Crippen LogP contribution in [0.4, 0.5) is 4.39 Å². The van der Waals surface area contributed by atoms with Gasteiger partial charge >= 0.3 is 0 Å². The highest BCUT2D eigenvalue weighted by molar-refractivity contribution is 5.97. The van der Waals surface area contributed by atoms with Crippen LogP contribution < -0.4 is 0 Å². The highest BCUT2D eigenvalue weighted by Crippen LogP contribution is 2.18. The van der Waals surface area contributed by atoms with Crippen LogP contribution in [0.2, 0.25) is 0 Å². The molecule has 17 heavy (non-hydrogen) atoms. The Balaban J connectivity index is 2.54. The highest BCUT2D eigenvalue weighted by Gasteiger charge is 2.14. The molecule has 88 valence electrons. The topological polar surface area (TPSA) is 42.4 Å². The predicted molar refractivity (Wildman–Crippen MR) is 60.8 cm³/mol. The summed E-state index contributed by atoms with van der Waals surface area (Å²) in [7, 11) is 2.84. The first-order valence-corrected chi connectivity index (χ1v) is 5.00. The zero-order chi connectivity index (χ0) is 12.4. The minimum absolute atomic E-state index is 0.229. The molecule has 1 aromatic heterocycles. The van der Waals surface area contributed by atoms with E-state index in [9.17, 15) is 9.18 Å². The molecule has 0 unspecified atom stereocenters. The molecule has 2 aromatic rings. The lowest BCUT2D eigenvalue weighted by Crippen LogP contribution is -2.25. The number of rotatable bonds is 2. The first-order chi connectivity index (χ1) is 8.13. The molecule has 0 aliphatic carbocycles. The number of pyridine rings is 1. The zero-order valence-corrected chi connectivity index (χ0v) is 9.48. The largest absolute Gasteiger partial charge is 0.277 e. The number of carbonyl (C=O) groups excluding carboxylic acids is 1. The molecule has 1 amide bonds. The number of hydrogen-bond acceptors (Lipinski definition) is 3. The van der Waals surface area contributed by atoms with Gasteiger partial charge in [-0.15, -0.1) is 0 Å². The lowest BCUT2D eigenvalue weighted by atomic mass is 10.1. The number of aromatic nitrogens is 1. The van der Waals surface area contributed by atoms with Crippen molar-refractivity contribution in [3.05, 3.63) is 41.8 Å². The van der Waals surface area contributed by atoms with Crippen molar-refractivity contribution in [2.24, 2.45) is 0 Å². The molecule has 2 rings (SSSR count). The molecule has 0 spiro atoms. The number of hydrogen-bond donors (Lipinski definition) is 0. The van der Waals surface area contributed by atoms with Gasteiger partial charge in [0.25, 0.3) is 5.91 Å². The van der Waals surface area contributed by atoms with E-state index in [1.54, 1.807) is 18.2 Å². The van der Waals surface area contributed by atoms with Crippen molar-refractivity contribution >= 4 is 16.8 Å². The molecule has 1 aromatic carbocycles. The first-order valence-electron chi connectivity index (χ1n) is 5.00. The third kappa shape index (κ3) is 2.09. The molecule has 5 heteroatoms. The Morgan fingerprint density at radius 3 is 2.94 bits per heavy atom. The second-order valence-corrected chi connectivity index (χ2v) is 3.52. The molecule has 0 aliphatic heterocycles. The summed E-state index contributed by atoms with van der Waals surface area (Å²) in [4.78, 5) is 20.5. The number of hydroxylamine groups is 2. The van der Waals surface area contributed by atoms with E-state index < -0.39 is 11.7 Å². The van der Waals surface area contributed by atoms with Crippen LogP contribution >= 0.6 is 0 Å². The van der Waals surface area contributed by atoms with Crippen molar-refractivity contribution in [1.82, 2.24) is 10.0 Å². The molecule has 0 atom stereocenters. The van der Waals surface area contributed by atoms with E-state index in [0.717, 1.165) is 11.1 Å². The monoisotopic (exact) mass is 234 g/mol. The van der Waals surface area contributed by atoms with Crippen LogP contribution in [0.15, 0.2) is 30.5 Å². The number of amides is 1. The van der Waals surface area contributed by atoms with Gasteiger partial charge in [-0.2, -0.15) is 0 Å². The van der Waals surface area contributed by atoms with E-state index in [1.807, 2.05) is 0 Å². The Hall–Kier alpha value is -2.01. The van der Waals surface area contributed by atoms with Crippen LogP contribution in [0.5, 0.6) is 0 Å². The maximum atomic E-state index is 13.7. The van der Waals surface area contributed by atoms with Crippen molar-refractivity contribution in [2.45, 2.75) is 0 Å². The smallest absolute Gasteiger partial charge is 0.274 e. The Morgan fingerprint density at radius 1 is 1.47 bits per heavy atom. The zero-order valence-electron chi connectivity index (χ0n) is 9.48. The summed E-state index contributed by atoms with van der Waals surface area (Å²) < 4.78 is 13.7. The number of halogens is 1. The Kier molecular flexibility index (Phi) is 3.01. The van der Waals surface area contributed by atoms with Crippen LogP contribution in [0.25, 0.3) is 10.9 Å². The molecule has 0 aliphatic rings. The summed E-state index contributed by atoms with van der Waals surface area (Å²) in [6, 6.07) is 6.14. The summed E-state index contributed by atoms with van der Waals surface area (Å²) in [6.45, 7) is 0. The molecule has 0 saturated carbocycles. The Bertz CT molecular complexity index is 571. The summed E-state index contributed by atoms with van der Waals surface area (Å²) in [5.41, 5.74) is 0.483. The van der Waals surface area contributed by atoms with Gasteiger partial charge in [-0.3, -0.25) is 14.6 Å². The molecule has 4 nitrogen and oxygen atoms in total. The van der Waals surface area contributed by atoms with Gasteiger partial charge in [0.15, 0.2) is 0 Å². The van der Waals surface area contributed by atoms with Crippen molar-refractivity contribution in [1.29, 1.82) is 0 Å². The fourth-order valence-corrected chi connectivity index (χ4v) is 1.54. The average molecular weight is 234 g/mol. The highest BCUT2D eigenvalue weighted by atomic mass is 19.1. The van der Waals surface area contributed by atoms with E-state index in [2.05, 4.69) is 4.98 Å². The maximum Gasteiger partial charge on any atom is 0.277 e. The van der Waals surface area contributed by atoms with Crippen LogP contribution in [-0.2, 0) is 4.84 Å². The van der Waals surface area contributed by atoms with Crippen LogP contribution in [0, 0.1) is 5.82 Å². The van der Waals surface area contributed by atoms with Crippen LogP contribution in [0.3, 0.4) is 0 Å². The van der Waals surface area contributed by atoms with Gasteiger partial charge in [-0.05, 0) is 18.2 Å². The molecular formula is C12H11FN2O2. The second kappa shape index (κ2) is 4.47. The molecular weight excluding hydrogens is 223 g/mol. The standard InChI is InChI=1S/C12H11FN2O2/c1-15(17-2)12(16)9-6-8-4-3-5-14-11(8)10(13)7-9/h3-7H,1-2H3. The Morgan fingerprint density at radius 2 is 2.24 bits per heavy atom. The molecule has 0 fully saturated rings. The van der Waals surface area contributed by atoms with Gasteiger partial charge in [0.1, 0.15) is 11.3 Å². The van der Waals surface area contributed by atoms with Gasteiger partial charge < -0.3 is 0 Å². The van der Waals surface area contributed by atoms with E-state index >= 15 is 0 Å². The number of nitrogens with zero attached hydrogens (tertiary/aromatic N) is 2. The molecule has 0 radical (unpaired) electrons. The predicted octanol–water partition coefficient (Wildman–Crippen LogP) is 2.01. The summed E-state index contributed by atoms with van der Waals surface area (Å²) in [5.74, 6) is -0.923. The lowest BCUT2D eigenvalue weighted by Gasteiger charge is -2.13. The third-order valence-electron chi connectivity index (χ3n) is 2.47. The average Bonchev–Trinajstić information content (AvgIpc) is 2.37. The SMILES string of the molecule is CON(C)C(=O)c1cc(F)c2ncccc2c1. The quantitative estimate of drug-likeness (QED) is 0.746. The van der Waals surface area contributed by atoms with Gasteiger partial charge in [0.05, 0.1) is 7.11 Å². The summed E-state index contributed by atoms with van der Waals surface area (Å²) in [6.07, 6.45) is 1.51. The number of benzene rings is 1. The van der Waals surface area contributed by atoms with E-state index in [1.165, 1.54) is 20.4 Å². The summed E-state index contributed by atoms with van der Waals surface area (Å²) in [5, 5.41) is 1.62. The van der Waals surface area contributed by atoms with Crippen LogP contribution in [0.1, 0.15) is 10.4 Å². The fraction of sp³-hybridized carbons (Fsp3) is 0.167. The third-order valence-corrected chi connectivity index (χ3v) is 2.47. The molecule has 0 bridgehead atoms. The maximum absolute atomic E-state index is 13.7. The minimum atomic E-state index is -0.518. The fourth-order valence-electron chi connectivity index (χ4n) is 1.54. The van der Waals surface area contributed by atoms with Crippen LogP contribution in [-0.4, -0.2) is 30.1 Å². The summed E-state index contributed by atoms with van der Waals surface area (Å²) >= 11 is 0. The minimum Gasteiger partial charge on any atom is -0.274 e. The van der Waals surface area contributed by atoms with E-state index in [4.69, 9.17) is 4.84 Å².